The van der Waals surface area contributed by atoms with E-state index in [9.17, 15) is 0 Å². The molecule has 0 aromatic carbocycles. The van der Waals surface area contributed by atoms with Crippen molar-refractivity contribution < 1.29 is 0 Å². The summed E-state index contributed by atoms with van der Waals surface area (Å²) < 4.78 is 0. The van der Waals surface area contributed by atoms with Gasteiger partial charge in [-0.1, -0.05) is 6.07 Å². The highest BCUT2D eigenvalue weighted by Crippen LogP contribution is 2.26. The predicted octanol–water partition coefficient (Wildman–Crippen LogP) is 1.25. The van der Waals surface area contributed by atoms with Gasteiger partial charge in [0, 0.05) is 30.6 Å². The smallest absolute Gasteiger partial charge is 0.0582 e. The van der Waals surface area contributed by atoms with Crippen molar-refractivity contribution in [2.24, 2.45) is 0 Å². The maximum atomic E-state index is 3.47. The summed E-state index contributed by atoms with van der Waals surface area (Å²) in [6.45, 7) is 3.47. The third kappa shape index (κ3) is 2.46. The molecular formula is C12H21N3S. The summed E-state index contributed by atoms with van der Waals surface area (Å²) in [5.41, 5.74) is 0. The Hall–Kier alpha value is -0.420. The van der Waals surface area contributed by atoms with E-state index in [4.69, 9.17) is 0 Å². The number of nitrogens with one attached hydrogen (secondary N) is 1. The van der Waals surface area contributed by atoms with Crippen LogP contribution in [0.25, 0.3) is 0 Å². The standard InChI is InChI=1S/C12H21N3S/c1-13-12(11-5-4-8-16-11)10-9-14(2)6-7-15(10)3/h4-5,8,10,12-13H,6-7,9H2,1-3H3. The first-order valence-corrected chi connectivity index (χ1v) is 6.70. The Balaban J connectivity index is 2.13. The minimum Gasteiger partial charge on any atom is -0.311 e. The SMILES string of the molecule is CNC(c1cccs1)C1CN(C)CCN1C. The molecule has 1 aliphatic heterocycles. The van der Waals surface area contributed by atoms with Crippen molar-refractivity contribution in [3.8, 4) is 0 Å². The van der Waals surface area contributed by atoms with Crippen LogP contribution in [0.2, 0.25) is 0 Å². The lowest BCUT2D eigenvalue weighted by atomic mass is 10.0. The molecule has 3 nitrogen and oxygen atoms in total. The molecule has 2 heterocycles. The summed E-state index contributed by atoms with van der Waals surface area (Å²) in [6, 6.07) is 5.39. The largest absolute Gasteiger partial charge is 0.311 e. The molecule has 2 rings (SSSR count). The number of piperazine rings is 1. The average molecular weight is 239 g/mol. The van der Waals surface area contributed by atoms with E-state index >= 15 is 0 Å². The Morgan fingerprint density at radius 3 is 2.88 bits per heavy atom. The van der Waals surface area contributed by atoms with Crippen molar-refractivity contribution in [3.05, 3.63) is 22.4 Å². The highest BCUT2D eigenvalue weighted by molar-refractivity contribution is 7.10. The maximum Gasteiger partial charge on any atom is 0.0582 e. The molecule has 16 heavy (non-hydrogen) atoms. The Morgan fingerprint density at radius 1 is 1.44 bits per heavy atom. The second-order valence-corrected chi connectivity index (χ2v) is 5.57. The first-order chi connectivity index (χ1) is 7.72. The van der Waals surface area contributed by atoms with Crippen LogP contribution >= 0.6 is 11.3 Å². The fraction of sp³-hybridized carbons (Fsp3) is 0.667. The van der Waals surface area contributed by atoms with Crippen molar-refractivity contribution in [2.75, 3.05) is 40.8 Å². The zero-order valence-corrected chi connectivity index (χ0v) is 11.1. The van der Waals surface area contributed by atoms with E-state index in [1.54, 1.807) is 0 Å². The van der Waals surface area contributed by atoms with Crippen LogP contribution in [0.5, 0.6) is 0 Å². The molecule has 2 atom stereocenters. The first kappa shape index (κ1) is 12.0. The highest BCUT2D eigenvalue weighted by atomic mass is 32.1. The monoisotopic (exact) mass is 239 g/mol. The molecule has 0 bridgehead atoms. The van der Waals surface area contributed by atoms with Gasteiger partial charge in [0.2, 0.25) is 0 Å². The number of hydrogen-bond acceptors (Lipinski definition) is 4. The van der Waals surface area contributed by atoms with Gasteiger partial charge in [0.15, 0.2) is 0 Å². The van der Waals surface area contributed by atoms with Crippen molar-refractivity contribution >= 4 is 11.3 Å². The van der Waals surface area contributed by atoms with Gasteiger partial charge in [-0.2, -0.15) is 0 Å². The fourth-order valence-electron chi connectivity index (χ4n) is 2.40. The Labute approximate surface area is 102 Å². The van der Waals surface area contributed by atoms with E-state index in [1.807, 2.05) is 11.3 Å². The lowest BCUT2D eigenvalue weighted by Crippen LogP contribution is -2.54. The molecular weight excluding hydrogens is 218 g/mol. The molecule has 0 radical (unpaired) electrons. The minimum atomic E-state index is 0.452. The van der Waals surface area contributed by atoms with Gasteiger partial charge in [0.05, 0.1) is 6.04 Å². The molecule has 1 fully saturated rings. The number of rotatable bonds is 3. The Kier molecular flexibility index (Phi) is 3.97. The highest BCUT2D eigenvalue weighted by Gasteiger charge is 2.30. The zero-order valence-electron chi connectivity index (χ0n) is 10.3. The van der Waals surface area contributed by atoms with Gasteiger partial charge >= 0.3 is 0 Å². The molecule has 2 unspecified atom stereocenters. The van der Waals surface area contributed by atoms with Crippen molar-refractivity contribution in [2.45, 2.75) is 12.1 Å². The van der Waals surface area contributed by atoms with E-state index in [1.165, 1.54) is 11.4 Å². The molecule has 1 aromatic heterocycles. The van der Waals surface area contributed by atoms with Crippen LogP contribution < -0.4 is 5.32 Å². The van der Waals surface area contributed by atoms with Gasteiger partial charge in [-0.25, -0.2) is 0 Å². The van der Waals surface area contributed by atoms with Crippen LogP contribution in [-0.2, 0) is 0 Å². The molecule has 1 saturated heterocycles. The predicted molar refractivity (Wildman–Crippen MR) is 70.0 cm³/mol. The first-order valence-electron chi connectivity index (χ1n) is 5.82. The van der Waals surface area contributed by atoms with E-state index in [0.717, 1.165) is 13.1 Å². The van der Waals surface area contributed by atoms with Gasteiger partial charge in [0.1, 0.15) is 0 Å². The number of thiophene rings is 1. The molecule has 1 aromatic rings. The van der Waals surface area contributed by atoms with Crippen molar-refractivity contribution in [1.29, 1.82) is 0 Å². The number of nitrogens with zero attached hydrogens (tertiary/aromatic N) is 2. The summed E-state index contributed by atoms with van der Waals surface area (Å²) in [7, 11) is 6.50. The Bertz CT molecular complexity index is 312. The summed E-state index contributed by atoms with van der Waals surface area (Å²) in [5.74, 6) is 0. The second kappa shape index (κ2) is 5.27. The van der Waals surface area contributed by atoms with Gasteiger partial charge in [0.25, 0.3) is 0 Å². The van der Waals surface area contributed by atoms with Crippen LogP contribution in [0.4, 0.5) is 0 Å². The van der Waals surface area contributed by atoms with Crippen LogP contribution in [0.15, 0.2) is 17.5 Å². The molecule has 0 aliphatic carbocycles. The van der Waals surface area contributed by atoms with Crippen molar-refractivity contribution in [3.63, 3.8) is 0 Å². The van der Waals surface area contributed by atoms with E-state index in [2.05, 4.69) is 53.8 Å². The van der Waals surface area contributed by atoms with Crippen LogP contribution in [-0.4, -0.2) is 56.6 Å². The molecule has 1 aliphatic rings. The summed E-state index contributed by atoms with van der Waals surface area (Å²) in [4.78, 5) is 6.33. The zero-order chi connectivity index (χ0) is 11.5. The quantitative estimate of drug-likeness (QED) is 0.856. The van der Waals surface area contributed by atoms with Gasteiger partial charge in [-0.15, -0.1) is 11.3 Å². The van der Waals surface area contributed by atoms with Crippen LogP contribution in [0, 0.1) is 0 Å². The maximum absolute atomic E-state index is 3.47. The third-order valence-corrected chi connectivity index (χ3v) is 4.40. The fourth-order valence-corrected chi connectivity index (χ4v) is 3.29. The molecule has 0 saturated carbocycles. The summed E-state index contributed by atoms with van der Waals surface area (Å²) >= 11 is 1.84. The van der Waals surface area contributed by atoms with Gasteiger partial charge in [-0.05, 0) is 32.6 Å². The lowest BCUT2D eigenvalue weighted by Gasteiger charge is -2.41. The normalized spacial score (nSPS) is 25.8. The summed E-state index contributed by atoms with van der Waals surface area (Å²) in [6.07, 6.45) is 0. The molecule has 90 valence electrons. The van der Waals surface area contributed by atoms with E-state index < -0.39 is 0 Å². The molecule has 4 heteroatoms. The van der Waals surface area contributed by atoms with E-state index in [-0.39, 0.29) is 0 Å². The van der Waals surface area contributed by atoms with Crippen molar-refractivity contribution in [1.82, 2.24) is 15.1 Å². The Morgan fingerprint density at radius 2 is 2.25 bits per heavy atom. The second-order valence-electron chi connectivity index (χ2n) is 4.59. The van der Waals surface area contributed by atoms with Crippen LogP contribution in [0.3, 0.4) is 0 Å². The van der Waals surface area contributed by atoms with Gasteiger partial charge in [-0.3, -0.25) is 4.90 Å². The van der Waals surface area contributed by atoms with Gasteiger partial charge < -0.3 is 10.2 Å². The lowest BCUT2D eigenvalue weighted by molar-refractivity contribution is 0.0906. The topological polar surface area (TPSA) is 18.5 Å². The molecule has 1 N–H and O–H groups in total. The molecule has 0 spiro atoms. The number of hydrogen-bond donors (Lipinski definition) is 1. The summed E-state index contributed by atoms with van der Waals surface area (Å²) in [5, 5.41) is 5.63. The third-order valence-electron chi connectivity index (χ3n) is 3.44. The molecule has 0 amide bonds. The number of likely N-dealkylation sites (N-methyl/N-ethyl adjacent to an activating group) is 3. The minimum absolute atomic E-state index is 0.452. The van der Waals surface area contributed by atoms with E-state index in [0.29, 0.717) is 12.1 Å². The van der Waals surface area contributed by atoms with Crippen LogP contribution in [0.1, 0.15) is 10.9 Å². The average Bonchev–Trinajstić information content (AvgIpc) is 2.78.